The van der Waals surface area contributed by atoms with Crippen LogP contribution in [-0.2, 0) is 0 Å². The van der Waals surface area contributed by atoms with Crippen LogP contribution in [0.4, 0.5) is 5.69 Å². The van der Waals surface area contributed by atoms with Gasteiger partial charge in [0.05, 0.1) is 12.3 Å². The Bertz CT molecular complexity index is 376. The summed E-state index contributed by atoms with van der Waals surface area (Å²) in [7, 11) is 2.01. The Labute approximate surface area is 104 Å². The quantitative estimate of drug-likeness (QED) is 0.868. The highest BCUT2D eigenvalue weighted by Crippen LogP contribution is 2.31. The van der Waals surface area contributed by atoms with Gasteiger partial charge in [0.25, 0.3) is 0 Å². The van der Waals surface area contributed by atoms with E-state index in [1.807, 2.05) is 13.1 Å². The third-order valence-corrected chi connectivity index (χ3v) is 3.30. The molecular weight excluding hydrogens is 212 g/mol. The molecule has 0 spiro atoms. The predicted octanol–water partition coefficient (Wildman–Crippen LogP) is 2.27. The lowest BCUT2D eigenvalue weighted by atomic mass is 10.0. The number of likely N-dealkylation sites (N-methyl/N-ethyl adjacent to an activating group) is 1. The second-order valence-corrected chi connectivity index (χ2v) is 5.23. The molecule has 0 unspecified atom stereocenters. The van der Waals surface area contributed by atoms with E-state index in [0.717, 1.165) is 31.9 Å². The van der Waals surface area contributed by atoms with Crippen molar-refractivity contribution in [1.29, 1.82) is 0 Å². The summed E-state index contributed by atoms with van der Waals surface area (Å²) in [5, 5.41) is 3.36. The van der Waals surface area contributed by atoms with Crippen molar-refractivity contribution in [2.45, 2.75) is 25.8 Å². The zero-order chi connectivity index (χ0) is 12.3. The first kappa shape index (κ1) is 12.2. The Kier molecular flexibility index (Phi) is 3.57. The van der Waals surface area contributed by atoms with Crippen molar-refractivity contribution < 1.29 is 4.74 Å². The molecule has 1 N–H and O–H groups in total. The van der Waals surface area contributed by atoms with Gasteiger partial charge in [0, 0.05) is 18.6 Å². The molecule has 3 heteroatoms. The number of hydrogen-bond acceptors (Lipinski definition) is 3. The molecule has 0 aliphatic carbocycles. The molecule has 1 aliphatic heterocycles. The van der Waals surface area contributed by atoms with Crippen molar-refractivity contribution in [2.75, 3.05) is 31.6 Å². The standard InChI is InChI=1S/C14H22N2O/c1-14(2,15-3)11-16-9-6-10-17-13-8-5-4-7-12(13)16/h4-5,7-8,15H,6,9-11H2,1-3H3. The molecule has 0 radical (unpaired) electrons. The summed E-state index contributed by atoms with van der Waals surface area (Å²) < 4.78 is 5.76. The second kappa shape index (κ2) is 4.96. The maximum atomic E-state index is 5.76. The van der Waals surface area contributed by atoms with Gasteiger partial charge >= 0.3 is 0 Å². The fourth-order valence-corrected chi connectivity index (χ4v) is 2.12. The minimum atomic E-state index is 0.109. The highest BCUT2D eigenvalue weighted by molar-refractivity contribution is 5.59. The van der Waals surface area contributed by atoms with E-state index in [2.05, 4.69) is 42.3 Å². The molecule has 2 rings (SSSR count). The fraction of sp³-hybridized carbons (Fsp3) is 0.571. The zero-order valence-corrected chi connectivity index (χ0v) is 11.0. The summed E-state index contributed by atoms with van der Waals surface area (Å²) in [6, 6.07) is 8.31. The third kappa shape index (κ3) is 2.91. The molecule has 0 aromatic heterocycles. The number of benzene rings is 1. The molecule has 0 atom stereocenters. The van der Waals surface area contributed by atoms with Gasteiger partial charge in [-0.1, -0.05) is 12.1 Å². The van der Waals surface area contributed by atoms with Crippen molar-refractivity contribution in [3.63, 3.8) is 0 Å². The fourth-order valence-electron chi connectivity index (χ4n) is 2.12. The summed E-state index contributed by atoms with van der Waals surface area (Å²) in [5.74, 6) is 1.01. The highest BCUT2D eigenvalue weighted by atomic mass is 16.5. The lowest BCUT2D eigenvalue weighted by Gasteiger charge is -2.33. The molecule has 94 valence electrons. The molecule has 1 aliphatic rings. The summed E-state index contributed by atoms with van der Waals surface area (Å²) >= 11 is 0. The predicted molar refractivity (Wildman–Crippen MR) is 71.9 cm³/mol. The van der Waals surface area contributed by atoms with Crippen molar-refractivity contribution >= 4 is 5.69 Å². The van der Waals surface area contributed by atoms with Gasteiger partial charge in [0.15, 0.2) is 0 Å². The number of anilines is 1. The number of hydrogen-bond donors (Lipinski definition) is 1. The Hall–Kier alpha value is -1.22. The zero-order valence-electron chi connectivity index (χ0n) is 11.0. The maximum Gasteiger partial charge on any atom is 0.142 e. The molecule has 17 heavy (non-hydrogen) atoms. The lowest BCUT2D eigenvalue weighted by molar-refractivity contribution is 0.322. The minimum absolute atomic E-state index is 0.109. The van der Waals surface area contributed by atoms with Crippen molar-refractivity contribution in [3.05, 3.63) is 24.3 Å². The molecule has 1 aromatic rings. The summed E-state index contributed by atoms with van der Waals surface area (Å²) in [6.07, 6.45) is 1.08. The Morgan fingerprint density at radius 2 is 2.12 bits per heavy atom. The second-order valence-electron chi connectivity index (χ2n) is 5.23. The third-order valence-electron chi connectivity index (χ3n) is 3.30. The molecule has 1 aromatic carbocycles. The normalized spacial score (nSPS) is 16.1. The topological polar surface area (TPSA) is 24.5 Å². The van der Waals surface area contributed by atoms with Crippen LogP contribution in [-0.4, -0.2) is 32.3 Å². The molecule has 3 nitrogen and oxygen atoms in total. The average molecular weight is 234 g/mol. The number of nitrogens with zero attached hydrogens (tertiary/aromatic N) is 1. The van der Waals surface area contributed by atoms with Gasteiger partial charge in [-0.05, 0) is 39.4 Å². The molecule has 1 heterocycles. The largest absolute Gasteiger partial charge is 0.491 e. The first-order chi connectivity index (χ1) is 8.12. The van der Waals surface area contributed by atoms with Gasteiger partial charge in [0.2, 0.25) is 0 Å². The van der Waals surface area contributed by atoms with Crippen LogP contribution in [0.15, 0.2) is 24.3 Å². The van der Waals surface area contributed by atoms with Crippen LogP contribution in [0.3, 0.4) is 0 Å². The van der Waals surface area contributed by atoms with E-state index in [9.17, 15) is 0 Å². The van der Waals surface area contributed by atoms with E-state index in [1.165, 1.54) is 5.69 Å². The van der Waals surface area contributed by atoms with E-state index in [1.54, 1.807) is 0 Å². The van der Waals surface area contributed by atoms with Crippen LogP contribution >= 0.6 is 0 Å². The van der Waals surface area contributed by atoms with E-state index in [4.69, 9.17) is 4.74 Å². The monoisotopic (exact) mass is 234 g/mol. The molecule has 0 saturated carbocycles. The van der Waals surface area contributed by atoms with Crippen LogP contribution in [0.2, 0.25) is 0 Å². The molecular formula is C14H22N2O. The summed E-state index contributed by atoms with van der Waals surface area (Å²) in [4.78, 5) is 2.42. The van der Waals surface area contributed by atoms with Crippen LogP contribution < -0.4 is 15.0 Å². The highest BCUT2D eigenvalue weighted by Gasteiger charge is 2.23. The van der Waals surface area contributed by atoms with Crippen LogP contribution in [0.5, 0.6) is 5.75 Å². The summed E-state index contributed by atoms with van der Waals surface area (Å²) in [6.45, 7) is 7.31. The molecule has 0 fully saturated rings. The number of para-hydroxylation sites is 2. The van der Waals surface area contributed by atoms with Crippen molar-refractivity contribution in [2.24, 2.45) is 0 Å². The van der Waals surface area contributed by atoms with Gasteiger partial charge in [0.1, 0.15) is 5.75 Å². The number of fused-ring (bicyclic) bond motifs is 1. The van der Waals surface area contributed by atoms with Gasteiger partial charge in [-0.3, -0.25) is 0 Å². The van der Waals surface area contributed by atoms with Crippen LogP contribution in [0.1, 0.15) is 20.3 Å². The van der Waals surface area contributed by atoms with Gasteiger partial charge in [-0.2, -0.15) is 0 Å². The smallest absolute Gasteiger partial charge is 0.142 e. The number of nitrogens with one attached hydrogen (secondary N) is 1. The first-order valence-electron chi connectivity index (χ1n) is 6.28. The van der Waals surface area contributed by atoms with E-state index in [-0.39, 0.29) is 5.54 Å². The van der Waals surface area contributed by atoms with E-state index >= 15 is 0 Å². The van der Waals surface area contributed by atoms with Crippen LogP contribution in [0, 0.1) is 0 Å². The molecule has 0 bridgehead atoms. The van der Waals surface area contributed by atoms with Gasteiger partial charge in [-0.25, -0.2) is 0 Å². The minimum Gasteiger partial charge on any atom is -0.491 e. The van der Waals surface area contributed by atoms with Crippen LogP contribution in [0.25, 0.3) is 0 Å². The Morgan fingerprint density at radius 3 is 2.88 bits per heavy atom. The summed E-state index contributed by atoms with van der Waals surface area (Å²) in [5.41, 5.74) is 1.32. The Morgan fingerprint density at radius 1 is 1.35 bits per heavy atom. The molecule has 0 amide bonds. The van der Waals surface area contributed by atoms with Gasteiger partial charge < -0.3 is 15.0 Å². The number of rotatable bonds is 3. The van der Waals surface area contributed by atoms with Crippen molar-refractivity contribution in [3.8, 4) is 5.75 Å². The average Bonchev–Trinajstić information content (AvgIpc) is 2.52. The molecule has 0 saturated heterocycles. The van der Waals surface area contributed by atoms with Crippen molar-refractivity contribution in [1.82, 2.24) is 5.32 Å². The maximum absolute atomic E-state index is 5.76. The van der Waals surface area contributed by atoms with E-state index in [0.29, 0.717) is 0 Å². The lowest BCUT2D eigenvalue weighted by Crippen LogP contribution is -2.47. The SMILES string of the molecule is CNC(C)(C)CN1CCCOc2ccccc21. The van der Waals surface area contributed by atoms with Gasteiger partial charge in [-0.15, -0.1) is 0 Å². The number of ether oxygens (including phenoxy) is 1. The Balaban J connectivity index is 2.23. The first-order valence-corrected chi connectivity index (χ1v) is 6.28. The van der Waals surface area contributed by atoms with E-state index < -0.39 is 0 Å².